The highest BCUT2D eigenvalue weighted by Crippen LogP contribution is 2.32. The van der Waals surface area contributed by atoms with E-state index in [0.717, 1.165) is 6.42 Å². The van der Waals surface area contributed by atoms with E-state index in [0.29, 0.717) is 6.42 Å². The minimum atomic E-state index is -4.77. The van der Waals surface area contributed by atoms with E-state index in [1.54, 1.807) is 0 Å². The van der Waals surface area contributed by atoms with Crippen LogP contribution in [0.3, 0.4) is 0 Å². The molecule has 16 heavy (non-hydrogen) atoms. The van der Waals surface area contributed by atoms with Gasteiger partial charge in [0.25, 0.3) is 0 Å². The van der Waals surface area contributed by atoms with Crippen molar-refractivity contribution in [1.29, 1.82) is 0 Å². The normalized spacial score (nSPS) is 16.1. The Bertz CT molecular complexity index is 358. The van der Waals surface area contributed by atoms with Crippen LogP contribution >= 0.6 is 0 Å². The lowest BCUT2D eigenvalue weighted by Crippen LogP contribution is -2.19. The van der Waals surface area contributed by atoms with Crippen LogP contribution < -0.4 is 5.32 Å². The van der Waals surface area contributed by atoms with Gasteiger partial charge in [-0.05, 0) is 6.42 Å². The number of hydrogen-bond donors (Lipinski definition) is 1. The molecular formula is C9H10F3N2O2. The maximum absolute atomic E-state index is 12.4. The average molecular weight is 235 g/mol. The summed E-state index contributed by atoms with van der Waals surface area (Å²) >= 11 is 0. The monoisotopic (exact) mass is 235 g/mol. The molecule has 1 heterocycles. The quantitative estimate of drug-likeness (QED) is 0.810. The second kappa shape index (κ2) is 4.54. The molecule has 0 saturated carbocycles. The lowest BCUT2D eigenvalue weighted by molar-refractivity contribution is -0.134. The fourth-order valence-electron chi connectivity index (χ4n) is 1.18. The Labute approximate surface area is 89.9 Å². The van der Waals surface area contributed by atoms with Gasteiger partial charge in [0.1, 0.15) is 5.84 Å². The summed E-state index contributed by atoms with van der Waals surface area (Å²) < 4.78 is 37.1. The molecule has 0 aromatic carbocycles. The van der Waals surface area contributed by atoms with Gasteiger partial charge in [-0.2, -0.15) is 13.2 Å². The van der Waals surface area contributed by atoms with Crippen LogP contribution in [0.5, 0.6) is 0 Å². The van der Waals surface area contributed by atoms with Crippen LogP contribution in [-0.4, -0.2) is 23.1 Å². The summed E-state index contributed by atoms with van der Waals surface area (Å²) in [5, 5.41) is 11.9. The molecule has 1 aliphatic heterocycles. The van der Waals surface area contributed by atoms with Gasteiger partial charge in [0.2, 0.25) is 0 Å². The van der Waals surface area contributed by atoms with Gasteiger partial charge >= 0.3 is 12.1 Å². The zero-order valence-electron chi connectivity index (χ0n) is 8.51. The maximum Gasteiger partial charge on any atom is 0.435 e. The second-order valence-corrected chi connectivity index (χ2v) is 3.24. The molecule has 0 amide bonds. The topological polar surface area (TPSA) is 63.8 Å². The van der Waals surface area contributed by atoms with Gasteiger partial charge in [0, 0.05) is 6.42 Å². The highest BCUT2D eigenvalue weighted by molar-refractivity contribution is 5.98. The number of amidine groups is 1. The van der Waals surface area contributed by atoms with Crippen molar-refractivity contribution in [1.82, 2.24) is 5.32 Å². The number of hydrogen-bond acceptors (Lipinski definition) is 2. The van der Waals surface area contributed by atoms with Crippen molar-refractivity contribution in [2.75, 3.05) is 0 Å². The van der Waals surface area contributed by atoms with Crippen molar-refractivity contribution in [3.63, 3.8) is 0 Å². The number of nitrogens with zero attached hydrogens (tertiary/aromatic N) is 2. The predicted octanol–water partition coefficient (Wildman–Crippen LogP) is 2.05. The first-order valence-electron chi connectivity index (χ1n) is 4.70. The summed E-state index contributed by atoms with van der Waals surface area (Å²) in [7, 11) is 0. The molecule has 89 valence electrons. The molecular weight excluding hydrogens is 225 g/mol. The molecule has 0 bridgehead atoms. The predicted molar refractivity (Wildman–Crippen MR) is 49.8 cm³/mol. The first-order chi connectivity index (χ1) is 7.36. The number of carbonyl (C=O) groups is 1. The van der Waals surface area contributed by atoms with Crippen molar-refractivity contribution in [3.8, 4) is 0 Å². The summed E-state index contributed by atoms with van der Waals surface area (Å²) in [5.74, 6) is -1.77. The molecule has 0 fully saturated rings. The Morgan fingerprint density at radius 1 is 1.44 bits per heavy atom. The fraction of sp³-hybridized carbons (Fsp3) is 0.556. The first-order valence-corrected chi connectivity index (χ1v) is 4.70. The second-order valence-electron chi connectivity index (χ2n) is 3.24. The fourth-order valence-corrected chi connectivity index (χ4v) is 1.18. The third-order valence-corrected chi connectivity index (χ3v) is 1.93. The van der Waals surface area contributed by atoms with E-state index in [1.807, 2.05) is 6.92 Å². The standard InChI is InChI=1S/C9H10F3N2O2/c1-2-3-4-5-13-6(8(15)16)7(14-5)9(10,11)12/h2-4H2,1H3,(H,15,16). The number of halogens is 3. The van der Waals surface area contributed by atoms with Crippen LogP contribution in [0.4, 0.5) is 13.2 Å². The number of carboxylic acid groups (broad SMARTS) is 1. The van der Waals surface area contributed by atoms with Crippen molar-refractivity contribution in [2.45, 2.75) is 32.4 Å². The molecule has 0 unspecified atom stereocenters. The minimum Gasteiger partial charge on any atom is -0.476 e. The zero-order valence-corrected chi connectivity index (χ0v) is 8.51. The number of aliphatic carboxylic acids is 1. The molecule has 1 radical (unpaired) electrons. The number of aliphatic imine (C=N–C) groups is 1. The number of carboxylic acids is 1. The van der Waals surface area contributed by atoms with Crippen LogP contribution in [-0.2, 0) is 4.79 Å². The SMILES string of the molecule is CCCCC1=NC(C(F)(F)F)=C(C(=O)O)[N]1. The van der Waals surface area contributed by atoms with Gasteiger partial charge in [-0.3, -0.25) is 0 Å². The van der Waals surface area contributed by atoms with E-state index in [4.69, 9.17) is 5.11 Å². The van der Waals surface area contributed by atoms with E-state index < -0.39 is 23.5 Å². The van der Waals surface area contributed by atoms with E-state index in [2.05, 4.69) is 10.3 Å². The zero-order chi connectivity index (χ0) is 12.3. The molecule has 1 aliphatic rings. The van der Waals surface area contributed by atoms with E-state index in [-0.39, 0.29) is 12.3 Å². The highest BCUT2D eigenvalue weighted by atomic mass is 19.4. The molecule has 0 aliphatic carbocycles. The highest BCUT2D eigenvalue weighted by Gasteiger charge is 2.42. The van der Waals surface area contributed by atoms with Gasteiger partial charge in [-0.1, -0.05) is 13.3 Å². The third-order valence-electron chi connectivity index (χ3n) is 1.93. The van der Waals surface area contributed by atoms with E-state index in [1.165, 1.54) is 0 Å². The Hall–Kier alpha value is -1.53. The summed E-state index contributed by atoms with van der Waals surface area (Å²) in [6.07, 6.45) is -3.11. The van der Waals surface area contributed by atoms with Gasteiger partial charge in [0.05, 0.1) is 0 Å². The summed E-state index contributed by atoms with van der Waals surface area (Å²) in [6.45, 7) is 1.87. The maximum atomic E-state index is 12.4. The van der Waals surface area contributed by atoms with Crippen molar-refractivity contribution in [3.05, 3.63) is 11.4 Å². The molecule has 0 spiro atoms. The van der Waals surface area contributed by atoms with Gasteiger partial charge in [-0.25, -0.2) is 15.1 Å². The van der Waals surface area contributed by atoms with Crippen molar-refractivity contribution >= 4 is 11.8 Å². The Morgan fingerprint density at radius 2 is 2.06 bits per heavy atom. The average Bonchev–Trinajstić information content (AvgIpc) is 2.58. The van der Waals surface area contributed by atoms with Gasteiger partial charge in [0.15, 0.2) is 11.4 Å². The molecule has 0 saturated heterocycles. The molecule has 7 heteroatoms. The Kier molecular flexibility index (Phi) is 3.56. The lowest BCUT2D eigenvalue weighted by Gasteiger charge is -2.03. The molecule has 1 N–H and O–H groups in total. The van der Waals surface area contributed by atoms with E-state index >= 15 is 0 Å². The summed E-state index contributed by atoms with van der Waals surface area (Å²) in [5.41, 5.74) is -2.43. The Balaban J connectivity index is 2.89. The van der Waals surface area contributed by atoms with Gasteiger partial charge < -0.3 is 5.11 Å². The lowest BCUT2D eigenvalue weighted by atomic mass is 10.2. The van der Waals surface area contributed by atoms with Gasteiger partial charge in [-0.15, -0.1) is 0 Å². The smallest absolute Gasteiger partial charge is 0.435 e. The van der Waals surface area contributed by atoms with Crippen LogP contribution in [0.25, 0.3) is 0 Å². The van der Waals surface area contributed by atoms with Crippen LogP contribution in [0.15, 0.2) is 16.4 Å². The number of unbranched alkanes of at least 4 members (excludes halogenated alkanes) is 1. The van der Waals surface area contributed by atoms with Crippen LogP contribution in [0, 0.1) is 0 Å². The molecule has 0 aromatic heterocycles. The van der Waals surface area contributed by atoms with E-state index in [9.17, 15) is 18.0 Å². The number of rotatable bonds is 4. The minimum absolute atomic E-state index is 0.0634. The summed E-state index contributed by atoms with van der Waals surface area (Å²) in [4.78, 5) is 13.8. The third kappa shape index (κ3) is 2.74. The van der Waals surface area contributed by atoms with Crippen molar-refractivity contribution in [2.24, 2.45) is 4.99 Å². The number of allylic oxidation sites excluding steroid dienone is 1. The molecule has 1 rings (SSSR count). The first kappa shape index (κ1) is 12.5. The number of alkyl halides is 3. The molecule has 0 atom stereocenters. The largest absolute Gasteiger partial charge is 0.476 e. The van der Waals surface area contributed by atoms with Crippen molar-refractivity contribution < 1.29 is 23.1 Å². The molecule has 0 aromatic rings. The van der Waals surface area contributed by atoms with Crippen LogP contribution in [0.1, 0.15) is 26.2 Å². The summed E-state index contributed by atoms with van der Waals surface area (Å²) in [6, 6.07) is 0. The Morgan fingerprint density at radius 3 is 2.44 bits per heavy atom. The molecule has 4 nitrogen and oxygen atoms in total. The van der Waals surface area contributed by atoms with Crippen LogP contribution in [0.2, 0.25) is 0 Å².